The molecule has 1 amide bonds. The van der Waals surface area contributed by atoms with E-state index in [9.17, 15) is 9.59 Å². The van der Waals surface area contributed by atoms with E-state index in [1.54, 1.807) is 6.07 Å². The zero-order chi connectivity index (χ0) is 15.1. The molecule has 0 saturated carbocycles. The molecular weight excluding hydrogens is 388 g/mol. The number of halogens is 2. The Balaban J connectivity index is 2.55. The first-order valence-corrected chi connectivity index (χ1v) is 8.74. The van der Waals surface area contributed by atoms with Crippen LogP contribution in [0.3, 0.4) is 0 Å². The van der Waals surface area contributed by atoms with Crippen molar-refractivity contribution in [2.24, 2.45) is 5.84 Å². The molecule has 2 N–H and O–H groups in total. The summed E-state index contributed by atoms with van der Waals surface area (Å²) >= 11 is 11.3. The fourth-order valence-electron chi connectivity index (χ4n) is 1.30. The molecule has 112 valence electrons. The largest absolute Gasteiger partial charge is 0.465 e. The van der Waals surface area contributed by atoms with Crippen molar-refractivity contribution in [2.45, 2.75) is 6.42 Å². The van der Waals surface area contributed by atoms with Gasteiger partial charge in [-0.1, -0.05) is 11.8 Å². The second kappa shape index (κ2) is 8.89. The van der Waals surface area contributed by atoms with Gasteiger partial charge < -0.3 is 4.74 Å². The highest BCUT2D eigenvalue weighted by Gasteiger charge is 2.15. The standard InChI is InChI=1S/C11H14BrClN2O3S2/c1-18-10(16)9-6-7(12)8(20-9)2-4-15(14)11(17)19-5-3-13/h6H,2-5,14H2,1H3. The SMILES string of the molecule is COC(=O)c1cc(Br)c(CCN(N)C(=O)SCCCl)s1. The van der Waals surface area contributed by atoms with Gasteiger partial charge in [-0.15, -0.1) is 22.9 Å². The number of methoxy groups -OCH3 is 1. The molecule has 0 aliphatic heterocycles. The summed E-state index contributed by atoms with van der Waals surface area (Å²) < 4.78 is 5.48. The molecule has 20 heavy (non-hydrogen) atoms. The molecule has 0 fully saturated rings. The van der Waals surface area contributed by atoms with Gasteiger partial charge in [0.1, 0.15) is 4.88 Å². The Morgan fingerprint density at radius 3 is 2.90 bits per heavy atom. The minimum atomic E-state index is -0.375. The average molecular weight is 402 g/mol. The number of esters is 1. The van der Waals surface area contributed by atoms with Crippen LogP contribution >= 0.6 is 50.6 Å². The van der Waals surface area contributed by atoms with Gasteiger partial charge >= 0.3 is 5.97 Å². The summed E-state index contributed by atoms with van der Waals surface area (Å²) in [5.41, 5.74) is 0. The summed E-state index contributed by atoms with van der Waals surface area (Å²) in [4.78, 5) is 24.5. The van der Waals surface area contributed by atoms with Crippen molar-refractivity contribution in [2.75, 3.05) is 25.3 Å². The fraction of sp³-hybridized carbons (Fsp3) is 0.455. The molecule has 5 nitrogen and oxygen atoms in total. The van der Waals surface area contributed by atoms with E-state index in [-0.39, 0.29) is 11.2 Å². The zero-order valence-corrected chi connectivity index (χ0v) is 14.7. The van der Waals surface area contributed by atoms with E-state index in [1.165, 1.54) is 18.4 Å². The molecule has 0 radical (unpaired) electrons. The summed E-state index contributed by atoms with van der Waals surface area (Å²) in [5.74, 6) is 6.23. The number of ether oxygens (including phenoxy) is 1. The van der Waals surface area contributed by atoms with E-state index < -0.39 is 0 Å². The Kier molecular flexibility index (Phi) is 7.90. The van der Waals surface area contributed by atoms with Crippen LogP contribution in [0, 0.1) is 0 Å². The molecule has 0 bridgehead atoms. The van der Waals surface area contributed by atoms with E-state index in [0.717, 1.165) is 26.1 Å². The number of carbonyl (C=O) groups is 2. The molecule has 0 spiro atoms. The average Bonchev–Trinajstić information content (AvgIpc) is 2.82. The molecule has 0 aliphatic rings. The Labute approximate surface area is 138 Å². The van der Waals surface area contributed by atoms with Crippen LogP contribution in [-0.4, -0.2) is 41.5 Å². The van der Waals surface area contributed by atoms with Crippen molar-refractivity contribution in [1.29, 1.82) is 0 Å². The molecule has 1 heterocycles. The molecule has 1 rings (SSSR count). The van der Waals surface area contributed by atoms with Crippen LogP contribution in [0.2, 0.25) is 0 Å². The monoisotopic (exact) mass is 400 g/mol. The smallest absolute Gasteiger partial charge is 0.348 e. The first-order valence-electron chi connectivity index (χ1n) is 5.61. The highest BCUT2D eigenvalue weighted by molar-refractivity contribution is 9.10. The number of nitrogens with two attached hydrogens (primary N) is 1. The van der Waals surface area contributed by atoms with E-state index in [1.807, 2.05) is 0 Å². The normalized spacial score (nSPS) is 10.4. The van der Waals surface area contributed by atoms with Gasteiger partial charge in [-0.2, -0.15) is 0 Å². The lowest BCUT2D eigenvalue weighted by Gasteiger charge is -2.15. The van der Waals surface area contributed by atoms with Crippen molar-refractivity contribution < 1.29 is 14.3 Å². The number of hydrogen-bond acceptors (Lipinski definition) is 6. The maximum absolute atomic E-state index is 11.6. The number of hydrogen-bond donors (Lipinski definition) is 1. The Morgan fingerprint density at radius 2 is 2.30 bits per heavy atom. The molecule has 1 aromatic heterocycles. The third kappa shape index (κ3) is 5.25. The number of thiophene rings is 1. The summed E-state index contributed by atoms with van der Waals surface area (Å²) in [6.45, 7) is 0.369. The maximum atomic E-state index is 11.6. The number of nitrogens with zero attached hydrogens (tertiary/aromatic N) is 1. The lowest BCUT2D eigenvalue weighted by molar-refractivity contribution is 0.0606. The highest BCUT2D eigenvalue weighted by Crippen LogP contribution is 2.28. The van der Waals surface area contributed by atoms with Crippen molar-refractivity contribution in [3.05, 3.63) is 20.3 Å². The Bertz CT molecular complexity index is 484. The summed E-state index contributed by atoms with van der Waals surface area (Å²) in [5, 5.41) is 0.938. The first-order chi connectivity index (χ1) is 9.49. The summed E-state index contributed by atoms with van der Waals surface area (Å²) in [6.07, 6.45) is 0.561. The first kappa shape index (κ1) is 17.8. The topological polar surface area (TPSA) is 72.6 Å². The Morgan fingerprint density at radius 1 is 1.60 bits per heavy atom. The zero-order valence-electron chi connectivity index (χ0n) is 10.7. The van der Waals surface area contributed by atoms with Gasteiger partial charge in [-0.05, 0) is 22.0 Å². The van der Waals surface area contributed by atoms with Crippen LogP contribution in [0.25, 0.3) is 0 Å². The lowest BCUT2D eigenvalue weighted by atomic mass is 10.3. The van der Waals surface area contributed by atoms with Crippen molar-refractivity contribution in [1.82, 2.24) is 5.01 Å². The predicted molar refractivity (Wildman–Crippen MR) is 86.5 cm³/mol. The Hall–Kier alpha value is -0.280. The minimum absolute atomic E-state index is 0.216. The highest BCUT2D eigenvalue weighted by atomic mass is 79.9. The van der Waals surface area contributed by atoms with Gasteiger partial charge in [0.2, 0.25) is 0 Å². The maximum Gasteiger partial charge on any atom is 0.348 e. The van der Waals surface area contributed by atoms with Crippen LogP contribution in [0.4, 0.5) is 4.79 Å². The van der Waals surface area contributed by atoms with E-state index in [4.69, 9.17) is 17.4 Å². The fourth-order valence-corrected chi connectivity index (χ4v) is 3.82. The number of thioether (sulfide) groups is 1. The predicted octanol–water partition coefficient (Wildman–Crippen LogP) is 3.11. The molecule has 0 saturated heterocycles. The molecule has 0 aromatic carbocycles. The van der Waals surface area contributed by atoms with Crippen LogP contribution in [-0.2, 0) is 11.2 Å². The van der Waals surface area contributed by atoms with Crippen molar-refractivity contribution in [3.63, 3.8) is 0 Å². The molecule has 0 unspecified atom stereocenters. The number of rotatable bonds is 6. The van der Waals surface area contributed by atoms with E-state index >= 15 is 0 Å². The third-order valence-corrected chi connectivity index (χ3v) is 5.71. The number of hydrazine groups is 1. The van der Waals surface area contributed by atoms with Gasteiger partial charge in [0, 0.05) is 33.9 Å². The quantitative estimate of drug-likeness (QED) is 0.261. The van der Waals surface area contributed by atoms with Gasteiger partial charge in [-0.25, -0.2) is 10.6 Å². The van der Waals surface area contributed by atoms with Crippen LogP contribution < -0.4 is 5.84 Å². The minimum Gasteiger partial charge on any atom is -0.465 e. The molecule has 9 heteroatoms. The number of amides is 1. The summed E-state index contributed by atoms with van der Waals surface area (Å²) in [6, 6.07) is 1.71. The van der Waals surface area contributed by atoms with Gasteiger partial charge in [0.05, 0.1) is 7.11 Å². The van der Waals surface area contributed by atoms with E-state index in [0.29, 0.717) is 29.5 Å². The van der Waals surface area contributed by atoms with Crippen molar-refractivity contribution in [3.8, 4) is 0 Å². The van der Waals surface area contributed by atoms with Crippen LogP contribution in [0.1, 0.15) is 14.5 Å². The van der Waals surface area contributed by atoms with Gasteiger partial charge in [0.25, 0.3) is 5.24 Å². The van der Waals surface area contributed by atoms with Crippen LogP contribution in [0.15, 0.2) is 10.5 Å². The second-order valence-electron chi connectivity index (χ2n) is 3.62. The number of carbonyl (C=O) groups excluding carboxylic acids is 2. The second-order valence-corrected chi connectivity index (χ2v) is 7.04. The van der Waals surface area contributed by atoms with Gasteiger partial charge in [0.15, 0.2) is 0 Å². The third-order valence-electron chi connectivity index (χ3n) is 2.26. The molecular formula is C11H14BrClN2O3S2. The van der Waals surface area contributed by atoms with E-state index in [2.05, 4.69) is 20.7 Å². The number of alkyl halides is 1. The van der Waals surface area contributed by atoms with Crippen LogP contribution in [0.5, 0.6) is 0 Å². The van der Waals surface area contributed by atoms with Gasteiger partial charge in [-0.3, -0.25) is 9.80 Å². The molecule has 0 aliphatic carbocycles. The molecule has 0 atom stereocenters. The summed E-state index contributed by atoms with van der Waals surface area (Å²) in [7, 11) is 1.34. The van der Waals surface area contributed by atoms with Crippen molar-refractivity contribution >= 4 is 61.8 Å². The molecule has 1 aromatic rings. The lowest BCUT2D eigenvalue weighted by Crippen LogP contribution is -2.36.